The van der Waals surface area contributed by atoms with E-state index in [1.54, 1.807) is 25.1 Å². The van der Waals surface area contributed by atoms with Crippen molar-refractivity contribution in [1.82, 2.24) is 10.6 Å². The highest BCUT2D eigenvalue weighted by atomic mass is 32.2. The normalized spacial score (nSPS) is 10.2. The Labute approximate surface area is 167 Å². The molecule has 0 bridgehead atoms. The lowest BCUT2D eigenvalue weighted by Crippen LogP contribution is -2.35. The number of nitrogens with one attached hydrogen (secondary N) is 2. The number of alkyl carbamates (subject to hydrolysis) is 1. The van der Waals surface area contributed by atoms with Crippen LogP contribution in [0, 0.1) is 0 Å². The quantitative estimate of drug-likeness (QED) is 0.375. The summed E-state index contributed by atoms with van der Waals surface area (Å²) in [6.45, 7) is 2.53. The van der Waals surface area contributed by atoms with E-state index >= 15 is 0 Å². The zero-order chi connectivity index (χ0) is 20.4. The number of hydrogen-bond acceptors (Lipinski definition) is 7. The number of furan rings is 1. The predicted octanol–water partition coefficient (Wildman–Crippen LogP) is 2.83. The molecule has 150 valence electrons. The van der Waals surface area contributed by atoms with E-state index in [1.807, 2.05) is 12.1 Å². The molecule has 2 rings (SSSR count). The smallest absolute Gasteiger partial charge is 0.407 e. The van der Waals surface area contributed by atoms with E-state index in [1.165, 1.54) is 25.1 Å². The van der Waals surface area contributed by atoms with Crippen LogP contribution in [-0.4, -0.2) is 44.8 Å². The number of rotatable bonds is 9. The van der Waals surface area contributed by atoms with Crippen LogP contribution in [0.3, 0.4) is 0 Å². The Bertz CT molecular complexity index is 820. The Hall–Kier alpha value is -2.94. The van der Waals surface area contributed by atoms with Gasteiger partial charge in [-0.1, -0.05) is 12.1 Å². The average molecular weight is 406 g/mol. The Morgan fingerprint density at radius 2 is 1.82 bits per heavy atom. The molecule has 0 saturated heterocycles. The van der Waals surface area contributed by atoms with Gasteiger partial charge in [0.15, 0.2) is 0 Å². The van der Waals surface area contributed by atoms with Crippen LogP contribution in [0.25, 0.3) is 0 Å². The van der Waals surface area contributed by atoms with E-state index in [4.69, 9.17) is 13.9 Å². The van der Waals surface area contributed by atoms with Crippen LogP contribution in [0.15, 0.2) is 45.9 Å². The third-order valence-corrected chi connectivity index (χ3v) is 4.67. The van der Waals surface area contributed by atoms with Crippen LogP contribution < -0.4 is 10.6 Å². The molecule has 2 N–H and O–H groups in total. The third-order valence-electron chi connectivity index (χ3n) is 3.60. The number of esters is 1. The maximum absolute atomic E-state index is 12.5. The van der Waals surface area contributed by atoms with Crippen molar-refractivity contribution in [3.8, 4) is 0 Å². The highest BCUT2D eigenvalue weighted by Gasteiger charge is 2.17. The van der Waals surface area contributed by atoms with Gasteiger partial charge in [0.2, 0.25) is 0 Å². The van der Waals surface area contributed by atoms with E-state index in [-0.39, 0.29) is 25.6 Å². The maximum atomic E-state index is 12.5. The van der Waals surface area contributed by atoms with Crippen molar-refractivity contribution in [2.24, 2.45) is 0 Å². The Kier molecular flexibility index (Phi) is 8.41. The fraction of sp³-hybridized carbons (Fsp3) is 0.316. The van der Waals surface area contributed by atoms with Crippen LogP contribution >= 0.6 is 11.8 Å². The first-order valence-corrected chi connectivity index (χ1v) is 9.60. The summed E-state index contributed by atoms with van der Waals surface area (Å²) in [7, 11) is 1.31. The first kappa shape index (κ1) is 21.4. The van der Waals surface area contributed by atoms with E-state index < -0.39 is 12.1 Å². The van der Waals surface area contributed by atoms with Gasteiger partial charge < -0.3 is 24.5 Å². The summed E-state index contributed by atoms with van der Waals surface area (Å²) >= 11 is 1.37. The SMILES string of the molecule is CCOC(=O)NCCNC(=O)c1ccccc1SCc1occc1C(=O)OC. The number of ether oxygens (including phenoxy) is 2. The summed E-state index contributed by atoms with van der Waals surface area (Å²) < 4.78 is 14.8. The third kappa shape index (κ3) is 6.05. The highest BCUT2D eigenvalue weighted by Crippen LogP contribution is 2.28. The minimum Gasteiger partial charge on any atom is -0.468 e. The lowest BCUT2D eigenvalue weighted by Gasteiger charge is -2.10. The van der Waals surface area contributed by atoms with Crippen LogP contribution in [0.4, 0.5) is 4.79 Å². The molecule has 0 fully saturated rings. The Balaban J connectivity index is 1.93. The van der Waals surface area contributed by atoms with Crippen molar-refractivity contribution in [3.63, 3.8) is 0 Å². The second-order valence-corrected chi connectivity index (χ2v) is 6.45. The molecule has 1 heterocycles. The van der Waals surface area contributed by atoms with Gasteiger partial charge >= 0.3 is 12.1 Å². The highest BCUT2D eigenvalue weighted by molar-refractivity contribution is 7.98. The molecule has 0 saturated carbocycles. The zero-order valence-electron chi connectivity index (χ0n) is 15.7. The molecule has 0 radical (unpaired) electrons. The van der Waals surface area contributed by atoms with E-state index in [2.05, 4.69) is 10.6 Å². The lowest BCUT2D eigenvalue weighted by molar-refractivity contribution is 0.0598. The first-order chi connectivity index (χ1) is 13.6. The van der Waals surface area contributed by atoms with Crippen molar-refractivity contribution in [1.29, 1.82) is 0 Å². The molecule has 1 aromatic heterocycles. The molecule has 9 heteroatoms. The number of amides is 2. The second kappa shape index (κ2) is 11.0. The fourth-order valence-corrected chi connectivity index (χ4v) is 3.29. The van der Waals surface area contributed by atoms with Gasteiger partial charge in [0, 0.05) is 18.0 Å². The van der Waals surface area contributed by atoms with Gasteiger partial charge in [-0.15, -0.1) is 11.8 Å². The van der Waals surface area contributed by atoms with Crippen LogP contribution in [0.1, 0.15) is 33.4 Å². The Morgan fingerprint density at radius 3 is 2.57 bits per heavy atom. The van der Waals surface area contributed by atoms with E-state index in [9.17, 15) is 14.4 Å². The summed E-state index contributed by atoms with van der Waals surface area (Å²) in [5.41, 5.74) is 0.858. The molecule has 0 aliphatic heterocycles. The summed E-state index contributed by atoms with van der Waals surface area (Å²) in [4.78, 5) is 36.1. The number of carbonyl (C=O) groups is 3. The van der Waals surface area contributed by atoms with Crippen molar-refractivity contribution in [2.75, 3.05) is 26.8 Å². The molecule has 2 aromatic rings. The average Bonchev–Trinajstić information content (AvgIpc) is 3.18. The van der Waals surface area contributed by atoms with Crippen molar-refractivity contribution in [2.45, 2.75) is 17.6 Å². The summed E-state index contributed by atoms with van der Waals surface area (Å²) in [5, 5.41) is 5.28. The van der Waals surface area contributed by atoms with Gasteiger partial charge in [-0.05, 0) is 25.1 Å². The number of benzene rings is 1. The minimum atomic E-state index is -0.521. The van der Waals surface area contributed by atoms with Gasteiger partial charge in [0.05, 0.1) is 31.3 Å². The first-order valence-electron chi connectivity index (χ1n) is 8.62. The van der Waals surface area contributed by atoms with Crippen molar-refractivity contribution in [3.05, 3.63) is 53.5 Å². The van der Waals surface area contributed by atoms with Gasteiger partial charge in [0.1, 0.15) is 11.3 Å². The fourth-order valence-electron chi connectivity index (χ4n) is 2.29. The van der Waals surface area contributed by atoms with Gasteiger partial charge in [-0.2, -0.15) is 0 Å². The Morgan fingerprint density at radius 1 is 1.07 bits per heavy atom. The van der Waals surface area contributed by atoms with E-state index in [0.717, 1.165) is 4.90 Å². The van der Waals surface area contributed by atoms with Gasteiger partial charge in [-0.3, -0.25) is 4.79 Å². The molecule has 0 unspecified atom stereocenters. The summed E-state index contributed by atoms with van der Waals surface area (Å²) in [6.07, 6.45) is 0.907. The zero-order valence-corrected chi connectivity index (χ0v) is 16.5. The molecule has 28 heavy (non-hydrogen) atoms. The van der Waals surface area contributed by atoms with Crippen LogP contribution in [-0.2, 0) is 15.2 Å². The summed E-state index contributed by atoms with van der Waals surface area (Å²) in [6, 6.07) is 8.67. The van der Waals surface area contributed by atoms with Crippen molar-refractivity contribution >= 4 is 29.7 Å². The molecule has 0 aliphatic rings. The van der Waals surface area contributed by atoms with Crippen molar-refractivity contribution < 1.29 is 28.3 Å². The summed E-state index contributed by atoms with van der Waals surface area (Å²) in [5.74, 6) is 0.114. The number of methoxy groups -OCH3 is 1. The lowest BCUT2D eigenvalue weighted by atomic mass is 10.2. The number of thioether (sulfide) groups is 1. The van der Waals surface area contributed by atoms with Gasteiger partial charge in [-0.25, -0.2) is 9.59 Å². The minimum absolute atomic E-state index is 0.259. The topological polar surface area (TPSA) is 107 Å². The largest absolute Gasteiger partial charge is 0.468 e. The molecule has 0 spiro atoms. The molecule has 2 amide bonds. The molecule has 8 nitrogen and oxygen atoms in total. The van der Waals surface area contributed by atoms with E-state index in [0.29, 0.717) is 22.6 Å². The molecule has 1 aromatic carbocycles. The monoisotopic (exact) mass is 406 g/mol. The predicted molar refractivity (Wildman–Crippen MR) is 103 cm³/mol. The van der Waals surface area contributed by atoms with Crippen LogP contribution in [0.5, 0.6) is 0 Å². The molecule has 0 aliphatic carbocycles. The maximum Gasteiger partial charge on any atom is 0.407 e. The number of hydrogen-bond donors (Lipinski definition) is 2. The van der Waals surface area contributed by atoms with Crippen LogP contribution in [0.2, 0.25) is 0 Å². The second-order valence-electron chi connectivity index (χ2n) is 5.44. The standard InChI is InChI=1S/C19H22N2O6S/c1-3-26-19(24)21-10-9-20-17(22)14-6-4-5-7-16(14)28-12-15-13(8-11-27-15)18(23)25-2/h4-8,11H,3,9-10,12H2,1-2H3,(H,20,22)(H,21,24). The number of carbonyl (C=O) groups excluding carboxylic acids is 3. The molecular weight excluding hydrogens is 384 g/mol. The van der Waals surface area contributed by atoms with Gasteiger partial charge in [0.25, 0.3) is 5.91 Å². The molecular formula is C19H22N2O6S. The molecule has 0 atom stereocenters.